The molecule has 0 aliphatic carbocycles. The second-order valence-electron chi connectivity index (χ2n) is 5.48. The topological polar surface area (TPSA) is 90.8 Å². The van der Waals surface area contributed by atoms with E-state index < -0.39 is 9.84 Å². The Morgan fingerprint density at radius 2 is 1.88 bits per heavy atom. The van der Waals surface area contributed by atoms with E-state index in [1.54, 1.807) is 19.4 Å². The maximum Gasteiger partial charge on any atom is 0.225 e. The lowest BCUT2D eigenvalue weighted by molar-refractivity contribution is 0.370. The van der Waals surface area contributed by atoms with Crippen molar-refractivity contribution in [1.82, 2.24) is 20.2 Å². The normalized spacial score (nSPS) is 15.8. The van der Waals surface area contributed by atoms with Crippen molar-refractivity contribution in [3.05, 3.63) is 18.5 Å². The average molecular weight is 468 g/mol. The van der Waals surface area contributed by atoms with Gasteiger partial charge in [0.25, 0.3) is 0 Å². The Morgan fingerprint density at radius 3 is 2.42 bits per heavy atom. The molecule has 0 saturated carbocycles. The van der Waals surface area contributed by atoms with Crippen LogP contribution in [0.15, 0.2) is 23.5 Å². The number of rotatable bonds is 5. The molecule has 2 heterocycles. The largest absolute Gasteiger partial charge is 0.356 e. The highest BCUT2D eigenvalue weighted by molar-refractivity contribution is 14.0. The Hall–Kier alpha value is -1.17. The number of halogens is 1. The summed E-state index contributed by atoms with van der Waals surface area (Å²) in [7, 11) is -1.16. The number of nitrogens with zero attached hydrogens (tertiary/aromatic N) is 5. The van der Waals surface area contributed by atoms with Crippen LogP contribution < -0.4 is 10.2 Å². The Balaban J connectivity index is 0.00000288. The van der Waals surface area contributed by atoms with Crippen molar-refractivity contribution in [2.24, 2.45) is 4.99 Å². The number of piperazine rings is 1. The van der Waals surface area contributed by atoms with Gasteiger partial charge < -0.3 is 15.1 Å². The quantitative estimate of drug-likeness (QED) is 0.286. The highest BCUT2D eigenvalue weighted by Crippen LogP contribution is 2.09. The van der Waals surface area contributed by atoms with Crippen LogP contribution in [0.3, 0.4) is 0 Å². The summed E-state index contributed by atoms with van der Waals surface area (Å²) in [5.41, 5.74) is 0. The molecular formula is C14H25IN6O2S. The molecule has 0 spiro atoms. The zero-order valence-electron chi connectivity index (χ0n) is 14.1. The fourth-order valence-corrected chi connectivity index (χ4v) is 3.11. The molecular weight excluding hydrogens is 443 g/mol. The van der Waals surface area contributed by atoms with Gasteiger partial charge >= 0.3 is 0 Å². The van der Waals surface area contributed by atoms with Crippen LogP contribution in [0.1, 0.15) is 6.42 Å². The zero-order valence-corrected chi connectivity index (χ0v) is 17.2. The molecule has 10 heteroatoms. The van der Waals surface area contributed by atoms with E-state index in [9.17, 15) is 8.42 Å². The Morgan fingerprint density at radius 1 is 1.25 bits per heavy atom. The predicted molar refractivity (Wildman–Crippen MR) is 107 cm³/mol. The van der Waals surface area contributed by atoms with E-state index in [1.165, 1.54) is 6.26 Å². The fourth-order valence-electron chi connectivity index (χ4n) is 2.44. The summed E-state index contributed by atoms with van der Waals surface area (Å²) in [6.45, 7) is 3.90. The predicted octanol–water partition coefficient (Wildman–Crippen LogP) is 0.227. The maximum absolute atomic E-state index is 11.1. The number of hydrogen-bond acceptors (Lipinski definition) is 6. The first-order chi connectivity index (χ1) is 11.0. The molecule has 1 fully saturated rings. The highest BCUT2D eigenvalue weighted by atomic mass is 127. The summed E-state index contributed by atoms with van der Waals surface area (Å²) in [4.78, 5) is 17.1. The molecule has 2 rings (SSSR count). The monoisotopic (exact) mass is 468 g/mol. The van der Waals surface area contributed by atoms with Crippen LogP contribution in [-0.4, -0.2) is 81.0 Å². The Bertz CT molecular complexity index is 617. The summed E-state index contributed by atoms with van der Waals surface area (Å²) in [6.07, 6.45) is 5.33. The van der Waals surface area contributed by atoms with Gasteiger partial charge in [-0.15, -0.1) is 24.0 Å². The van der Waals surface area contributed by atoms with Crippen LogP contribution in [0.25, 0.3) is 0 Å². The number of aromatic nitrogens is 2. The Labute approximate surface area is 160 Å². The molecule has 1 aliphatic heterocycles. The summed E-state index contributed by atoms with van der Waals surface area (Å²) in [6, 6.07) is 1.81. The SMILES string of the molecule is CN=C(NCCCS(C)(=O)=O)N1CCN(c2ncccn2)CC1.I. The standard InChI is InChI=1S/C14H24N6O2S.HI/c1-15-13(16-7-4-12-23(2,21)22)19-8-10-20(11-9-19)14-17-5-3-6-18-14;/h3,5-6H,4,7-12H2,1-2H3,(H,15,16);1H. The molecule has 1 saturated heterocycles. The second kappa shape index (κ2) is 9.97. The van der Waals surface area contributed by atoms with Crippen molar-refractivity contribution >= 4 is 45.7 Å². The highest BCUT2D eigenvalue weighted by Gasteiger charge is 2.20. The van der Waals surface area contributed by atoms with E-state index in [0.717, 1.165) is 38.1 Å². The van der Waals surface area contributed by atoms with Crippen LogP contribution in [-0.2, 0) is 9.84 Å². The van der Waals surface area contributed by atoms with Crippen LogP contribution in [0.5, 0.6) is 0 Å². The van der Waals surface area contributed by atoms with E-state index in [2.05, 4.69) is 30.1 Å². The molecule has 1 aromatic rings. The second-order valence-corrected chi connectivity index (χ2v) is 7.74. The van der Waals surface area contributed by atoms with Gasteiger partial charge in [0.1, 0.15) is 9.84 Å². The van der Waals surface area contributed by atoms with Gasteiger partial charge in [-0.2, -0.15) is 0 Å². The maximum atomic E-state index is 11.1. The molecule has 0 atom stereocenters. The van der Waals surface area contributed by atoms with Crippen molar-refractivity contribution in [3.63, 3.8) is 0 Å². The lowest BCUT2D eigenvalue weighted by Gasteiger charge is -2.36. The zero-order chi connectivity index (χ0) is 16.7. The first-order valence-electron chi connectivity index (χ1n) is 7.65. The van der Waals surface area contributed by atoms with Crippen molar-refractivity contribution in [2.45, 2.75) is 6.42 Å². The minimum Gasteiger partial charge on any atom is -0.356 e. The molecule has 1 aromatic heterocycles. The molecule has 0 unspecified atom stereocenters. The number of guanidine groups is 1. The van der Waals surface area contributed by atoms with Gasteiger partial charge in [-0.3, -0.25) is 4.99 Å². The van der Waals surface area contributed by atoms with Crippen LogP contribution in [0.4, 0.5) is 5.95 Å². The minimum absolute atomic E-state index is 0. The van der Waals surface area contributed by atoms with Crippen molar-refractivity contribution in [2.75, 3.05) is 56.7 Å². The smallest absolute Gasteiger partial charge is 0.225 e. The van der Waals surface area contributed by atoms with Gasteiger partial charge in [-0.25, -0.2) is 18.4 Å². The number of sulfone groups is 1. The summed E-state index contributed by atoms with van der Waals surface area (Å²) < 4.78 is 22.3. The third-order valence-electron chi connectivity index (χ3n) is 3.60. The number of nitrogens with one attached hydrogen (secondary N) is 1. The summed E-state index contributed by atoms with van der Waals surface area (Å²) in [5, 5.41) is 3.23. The molecule has 1 N–H and O–H groups in total. The van der Waals surface area contributed by atoms with Crippen molar-refractivity contribution in [1.29, 1.82) is 0 Å². The molecule has 8 nitrogen and oxygen atoms in total. The van der Waals surface area contributed by atoms with Gasteiger partial charge in [-0.1, -0.05) is 0 Å². The molecule has 1 aliphatic rings. The first kappa shape index (κ1) is 20.9. The molecule has 0 aromatic carbocycles. The van der Waals surface area contributed by atoms with E-state index in [0.29, 0.717) is 13.0 Å². The van der Waals surface area contributed by atoms with E-state index in [4.69, 9.17) is 0 Å². The van der Waals surface area contributed by atoms with Crippen LogP contribution in [0.2, 0.25) is 0 Å². The van der Waals surface area contributed by atoms with Crippen LogP contribution >= 0.6 is 24.0 Å². The lowest BCUT2D eigenvalue weighted by atomic mass is 10.3. The third kappa shape index (κ3) is 6.75. The first-order valence-corrected chi connectivity index (χ1v) is 9.71. The van der Waals surface area contributed by atoms with Crippen molar-refractivity contribution in [3.8, 4) is 0 Å². The van der Waals surface area contributed by atoms with E-state index in [-0.39, 0.29) is 29.7 Å². The van der Waals surface area contributed by atoms with Gasteiger partial charge in [-0.05, 0) is 12.5 Å². The molecule has 24 heavy (non-hydrogen) atoms. The molecule has 0 radical (unpaired) electrons. The third-order valence-corrected chi connectivity index (χ3v) is 4.63. The van der Waals surface area contributed by atoms with Gasteiger partial charge in [0, 0.05) is 58.4 Å². The summed E-state index contributed by atoms with van der Waals surface area (Å²) in [5.74, 6) is 1.76. The minimum atomic E-state index is -2.91. The lowest BCUT2D eigenvalue weighted by Crippen LogP contribution is -2.53. The van der Waals surface area contributed by atoms with Gasteiger partial charge in [0.15, 0.2) is 5.96 Å². The van der Waals surface area contributed by atoms with Crippen LogP contribution in [0, 0.1) is 0 Å². The summed E-state index contributed by atoms with van der Waals surface area (Å²) >= 11 is 0. The van der Waals surface area contributed by atoms with E-state index >= 15 is 0 Å². The fraction of sp³-hybridized carbons (Fsp3) is 0.643. The van der Waals surface area contributed by atoms with Gasteiger partial charge in [0.05, 0.1) is 5.75 Å². The van der Waals surface area contributed by atoms with E-state index in [1.807, 2.05) is 6.07 Å². The number of hydrogen-bond donors (Lipinski definition) is 1. The number of aliphatic imine (C=N–C) groups is 1. The van der Waals surface area contributed by atoms with Crippen molar-refractivity contribution < 1.29 is 8.42 Å². The Kier molecular flexibility index (Phi) is 8.67. The van der Waals surface area contributed by atoms with Gasteiger partial charge in [0.2, 0.25) is 5.95 Å². The molecule has 136 valence electrons. The molecule has 0 bridgehead atoms. The average Bonchev–Trinajstić information content (AvgIpc) is 2.55. The molecule has 0 amide bonds. The number of anilines is 1.